The van der Waals surface area contributed by atoms with Gasteiger partial charge in [0.25, 0.3) is 5.91 Å². The third kappa shape index (κ3) is 5.27. The Morgan fingerprint density at radius 3 is 2.29 bits per heavy atom. The fourth-order valence-corrected chi connectivity index (χ4v) is 3.48. The fraction of sp³-hybridized carbons (Fsp3) is 0.467. The predicted octanol–water partition coefficient (Wildman–Crippen LogP) is 0.832. The second-order valence-corrected chi connectivity index (χ2v) is 7.42. The highest BCUT2D eigenvalue weighted by atomic mass is 32.2. The van der Waals surface area contributed by atoms with Crippen LogP contribution in [0.4, 0.5) is 4.39 Å². The van der Waals surface area contributed by atoms with E-state index in [9.17, 15) is 22.4 Å². The number of nitrogens with one attached hydrogen (secondary N) is 3. The van der Waals surface area contributed by atoms with Gasteiger partial charge in [0.2, 0.25) is 15.9 Å². The molecule has 0 aliphatic heterocycles. The van der Waals surface area contributed by atoms with Crippen LogP contribution in [-0.2, 0) is 19.6 Å². The lowest BCUT2D eigenvalue weighted by Gasteiger charge is -2.20. The predicted molar refractivity (Wildman–Crippen MR) is 84.4 cm³/mol. The Hall–Kier alpha value is -2.00. The third-order valence-electron chi connectivity index (χ3n) is 3.85. The van der Waals surface area contributed by atoms with E-state index < -0.39 is 28.3 Å². The summed E-state index contributed by atoms with van der Waals surface area (Å²) in [5.74, 6) is -1.62. The van der Waals surface area contributed by atoms with Crippen molar-refractivity contribution in [1.29, 1.82) is 0 Å². The standard InChI is InChI=1S/C15H20FN3O4S/c16-12-6-8-13(9-7-12)24(22,23)17-10-14(20)18-19-15(21)11-4-2-1-3-5-11/h6-9,11,17H,1-5,10H2,(H,18,20)(H,19,21). The Morgan fingerprint density at radius 1 is 1.04 bits per heavy atom. The van der Waals surface area contributed by atoms with Crippen LogP contribution < -0.4 is 15.6 Å². The molecule has 1 aliphatic rings. The number of hydrazine groups is 1. The van der Waals surface area contributed by atoms with Gasteiger partial charge in [-0.15, -0.1) is 0 Å². The highest BCUT2D eigenvalue weighted by Gasteiger charge is 2.21. The fourth-order valence-electron chi connectivity index (χ4n) is 2.50. The zero-order valence-corrected chi connectivity index (χ0v) is 13.9. The molecule has 1 aliphatic carbocycles. The minimum absolute atomic E-state index is 0.116. The van der Waals surface area contributed by atoms with E-state index in [1.54, 1.807) is 0 Å². The molecule has 9 heteroatoms. The van der Waals surface area contributed by atoms with Gasteiger partial charge in [-0.1, -0.05) is 19.3 Å². The molecule has 7 nitrogen and oxygen atoms in total. The summed E-state index contributed by atoms with van der Waals surface area (Å²) >= 11 is 0. The number of hydrogen-bond acceptors (Lipinski definition) is 4. The van der Waals surface area contributed by atoms with Crippen LogP contribution in [0.1, 0.15) is 32.1 Å². The summed E-state index contributed by atoms with van der Waals surface area (Å²) in [7, 11) is -3.92. The third-order valence-corrected chi connectivity index (χ3v) is 5.26. The van der Waals surface area contributed by atoms with Crippen LogP contribution in [0.3, 0.4) is 0 Å². The summed E-state index contributed by atoms with van der Waals surface area (Å²) in [6, 6.07) is 4.22. The SMILES string of the molecule is O=C(CNS(=O)(=O)c1ccc(F)cc1)NNC(=O)C1CCCCC1. The zero-order chi connectivity index (χ0) is 17.6. The van der Waals surface area contributed by atoms with Gasteiger partial charge in [-0.05, 0) is 37.1 Å². The van der Waals surface area contributed by atoms with Gasteiger partial charge < -0.3 is 0 Å². The van der Waals surface area contributed by atoms with Crippen LogP contribution in [0.2, 0.25) is 0 Å². The van der Waals surface area contributed by atoms with Crippen LogP contribution in [0.15, 0.2) is 29.2 Å². The average Bonchev–Trinajstić information content (AvgIpc) is 2.59. The molecule has 1 fully saturated rings. The Morgan fingerprint density at radius 2 is 1.67 bits per heavy atom. The van der Waals surface area contributed by atoms with Gasteiger partial charge in [0.05, 0.1) is 11.4 Å². The van der Waals surface area contributed by atoms with Crippen molar-refractivity contribution < 1.29 is 22.4 Å². The van der Waals surface area contributed by atoms with Crippen molar-refractivity contribution in [3.05, 3.63) is 30.1 Å². The molecule has 1 aromatic carbocycles. The second-order valence-electron chi connectivity index (χ2n) is 5.65. The highest BCUT2D eigenvalue weighted by Crippen LogP contribution is 2.23. The maximum Gasteiger partial charge on any atom is 0.253 e. The number of amides is 2. The number of halogens is 1. The van der Waals surface area contributed by atoms with E-state index in [0.29, 0.717) is 0 Å². The lowest BCUT2D eigenvalue weighted by atomic mass is 9.89. The Balaban J connectivity index is 1.78. The summed E-state index contributed by atoms with van der Waals surface area (Å²) in [6.07, 6.45) is 4.67. The van der Waals surface area contributed by atoms with Crippen molar-refractivity contribution in [2.75, 3.05) is 6.54 Å². The quantitative estimate of drug-likeness (QED) is 0.679. The van der Waals surface area contributed by atoms with E-state index >= 15 is 0 Å². The Bertz CT molecular complexity index is 685. The van der Waals surface area contributed by atoms with Gasteiger partial charge in [0, 0.05) is 5.92 Å². The van der Waals surface area contributed by atoms with Crippen molar-refractivity contribution in [3.8, 4) is 0 Å². The van der Waals surface area contributed by atoms with E-state index in [-0.39, 0.29) is 16.7 Å². The maximum absolute atomic E-state index is 12.8. The molecule has 0 atom stereocenters. The van der Waals surface area contributed by atoms with E-state index in [0.717, 1.165) is 56.4 Å². The number of carbonyl (C=O) groups is 2. The van der Waals surface area contributed by atoms with Crippen molar-refractivity contribution >= 4 is 21.8 Å². The van der Waals surface area contributed by atoms with Crippen LogP contribution >= 0.6 is 0 Å². The molecule has 1 aromatic rings. The normalized spacial score (nSPS) is 15.7. The largest absolute Gasteiger partial charge is 0.273 e. The maximum atomic E-state index is 12.8. The number of sulfonamides is 1. The van der Waals surface area contributed by atoms with Crippen LogP contribution in [0.5, 0.6) is 0 Å². The molecule has 1 saturated carbocycles. The summed E-state index contributed by atoms with van der Waals surface area (Å²) in [5.41, 5.74) is 4.50. The minimum Gasteiger partial charge on any atom is -0.273 e. The highest BCUT2D eigenvalue weighted by molar-refractivity contribution is 7.89. The summed E-state index contributed by atoms with van der Waals surface area (Å²) in [4.78, 5) is 23.4. The first-order valence-electron chi connectivity index (χ1n) is 7.72. The second kappa shape index (κ2) is 8.20. The van der Waals surface area contributed by atoms with Crippen molar-refractivity contribution in [3.63, 3.8) is 0 Å². The van der Waals surface area contributed by atoms with Gasteiger partial charge in [0.15, 0.2) is 0 Å². The molecule has 0 spiro atoms. The molecule has 2 rings (SSSR count). The molecule has 0 aromatic heterocycles. The molecule has 3 N–H and O–H groups in total. The molecule has 0 unspecified atom stereocenters. The molecular weight excluding hydrogens is 337 g/mol. The van der Waals surface area contributed by atoms with Gasteiger partial charge in [-0.3, -0.25) is 20.4 Å². The minimum atomic E-state index is -3.92. The number of rotatable bonds is 5. The number of benzene rings is 1. The topological polar surface area (TPSA) is 104 Å². The molecule has 0 saturated heterocycles. The van der Waals surface area contributed by atoms with Gasteiger partial charge in [-0.2, -0.15) is 0 Å². The van der Waals surface area contributed by atoms with Gasteiger partial charge in [0.1, 0.15) is 5.82 Å². The summed E-state index contributed by atoms with van der Waals surface area (Å²) < 4.78 is 38.7. The molecule has 24 heavy (non-hydrogen) atoms. The number of hydrogen-bond donors (Lipinski definition) is 3. The molecule has 0 heterocycles. The lowest BCUT2D eigenvalue weighted by molar-refractivity contribution is -0.131. The molecule has 2 amide bonds. The van der Waals surface area contributed by atoms with E-state index in [1.165, 1.54) is 0 Å². The van der Waals surface area contributed by atoms with Crippen LogP contribution in [0.25, 0.3) is 0 Å². The van der Waals surface area contributed by atoms with Crippen LogP contribution in [0, 0.1) is 11.7 Å². The molecule has 132 valence electrons. The van der Waals surface area contributed by atoms with E-state index in [4.69, 9.17) is 0 Å². The van der Waals surface area contributed by atoms with Gasteiger partial charge >= 0.3 is 0 Å². The Kier molecular flexibility index (Phi) is 6.27. The smallest absolute Gasteiger partial charge is 0.253 e. The summed E-state index contributed by atoms with van der Waals surface area (Å²) in [5, 5.41) is 0. The van der Waals surface area contributed by atoms with Crippen molar-refractivity contribution in [1.82, 2.24) is 15.6 Å². The van der Waals surface area contributed by atoms with Crippen molar-refractivity contribution in [2.45, 2.75) is 37.0 Å². The lowest BCUT2D eigenvalue weighted by Crippen LogP contribution is -2.48. The number of carbonyl (C=O) groups excluding carboxylic acids is 2. The Labute approximate surface area is 140 Å². The van der Waals surface area contributed by atoms with Crippen LogP contribution in [-0.4, -0.2) is 26.8 Å². The zero-order valence-electron chi connectivity index (χ0n) is 13.0. The summed E-state index contributed by atoms with van der Waals surface area (Å²) in [6.45, 7) is -0.537. The van der Waals surface area contributed by atoms with Crippen molar-refractivity contribution in [2.24, 2.45) is 5.92 Å². The monoisotopic (exact) mass is 357 g/mol. The van der Waals surface area contributed by atoms with E-state index in [1.807, 2.05) is 0 Å². The van der Waals surface area contributed by atoms with Gasteiger partial charge in [-0.25, -0.2) is 17.5 Å². The first-order valence-corrected chi connectivity index (χ1v) is 9.21. The molecular formula is C15H20FN3O4S. The first kappa shape index (κ1) is 18.3. The van der Waals surface area contributed by atoms with E-state index in [2.05, 4.69) is 15.6 Å². The average molecular weight is 357 g/mol. The molecule has 0 radical (unpaired) electrons. The first-order chi connectivity index (χ1) is 11.4. The molecule has 0 bridgehead atoms.